The van der Waals surface area contributed by atoms with Crippen molar-refractivity contribution in [3.63, 3.8) is 0 Å². The van der Waals surface area contributed by atoms with Crippen molar-refractivity contribution in [2.75, 3.05) is 0 Å². The van der Waals surface area contributed by atoms with Gasteiger partial charge in [0.2, 0.25) is 0 Å². The van der Waals surface area contributed by atoms with Crippen LogP contribution in [0.5, 0.6) is 0 Å². The summed E-state index contributed by atoms with van der Waals surface area (Å²) in [6.45, 7) is 6.95. The van der Waals surface area contributed by atoms with E-state index in [2.05, 4.69) is 30.3 Å². The van der Waals surface area contributed by atoms with Crippen LogP contribution in [0.2, 0.25) is 0 Å². The van der Waals surface area contributed by atoms with E-state index in [1.807, 2.05) is 30.3 Å². The van der Waals surface area contributed by atoms with Crippen molar-refractivity contribution >= 4 is 5.97 Å². The predicted octanol–water partition coefficient (Wildman–Crippen LogP) is 2.18. The first kappa shape index (κ1) is 16.2. The molecule has 0 saturated heterocycles. The minimum atomic E-state index is -0.996. The molecular formula is C17H23N3O2. The maximum Gasteiger partial charge on any atom is 0.320 e. The Morgan fingerprint density at radius 1 is 1.32 bits per heavy atom. The summed E-state index contributed by atoms with van der Waals surface area (Å²) < 4.78 is 2.08. The number of hydrogen-bond acceptors (Lipinski definition) is 3. The summed E-state index contributed by atoms with van der Waals surface area (Å²) in [7, 11) is 0. The molecule has 1 heterocycles. The molecule has 0 bridgehead atoms. The normalized spacial score (nSPS) is 13.1. The van der Waals surface area contributed by atoms with Gasteiger partial charge in [-0.2, -0.15) is 0 Å². The Bertz CT molecular complexity index is 642. The molecule has 1 aromatic carbocycles. The molecule has 0 amide bonds. The van der Waals surface area contributed by atoms with Crippen LogP contribution in [-0.4, -0.2) is 26.7 Å². The zero-order valence-electron chi connectivity index (χ0n) is 13.3. The van der Waals surface area contributed by atoms with Crippen LogP contribution in [0.15, 0.2) is 36.5 Å². The van der Waals surface area contributed by atoms with E-state index in [4.69, 9.17) is 10.8 Å². The SMILES string of the molecule is CC(C)(C)c1ncc(C[C@H](N)C(=O)O)n1Cc1ccccc1. The predicted molar refractivity (Wildman–Crippen MR) is 85.8 cm³/mol. The van der Waals surface area contributed by atoms with Crippen molar-refractivity contribution in [3.8, 4) is 0 Å². The van der Waals surface area contributed by atoms with E-state index in [0.29, 0.717) is 6.54 Å². The minimum Gasteiger partial charge on any atom is -0.480 e. The number of carbonyl (C=O) groups is 1. The molecule has 0 radical (unpaired) electrons. The van der Waals surface area contributed by atoms with Crippen molar-refractivity contribution in [1.29, 1.82) is 0 Å². The van der Waals surface area contributed by atoms with Gasteiger partial charge in [0.1, 0.15) is 11.9 Å². The second kappa shape index (κ2) is 6.32. The maximum absolute atomic E-state index is 11.0. The average Bonchev–Trinajstić information content (AvgIpc) is 2.82. The molecule has 118 valence electrons. The van der Waals surface area contributed by atoms with Crippen LogP contribution >= 0.6 is 0 Å². The molecule has 0 aliphatic heterocycles. The Hall–Kier alpha value is -2.14. The zero-order chi connectivity index (χ0) is 16.3. The van der Waals surface area contributed by atoms with Crippen LogP contribution in [0, 0.1) is 0 Å². The van der Waals surface area contributed by atoms with Gasteiger partial charge in [0.15, 0.2) is 0 Å². The Morgan fingerprint density at radius 2 is 1.95 bits per heavy atom. The van der Waals surface area contributed by atoms with Crippen LogP contribution in [0.3, 0.4) is 0 Å². The summed E-state index contributed by atoms with van der Waals surface area (Å²) in [5, 5.41) is 9.04. The van der Waals surface area contributed by atoms with Gasteiger partial charge < -0.3 is 15.4 Å². The van der Waals surface area contributed by atoms with Crippen LogP contribution in [0.1, 0.15) is 37.9 Å². The molecule has 1 aromatic heterocycles. The lowest BCUT2D eigenvalue weighted by atomic mass is 9.95. The third-order valence-corrected chi connectivity index (χ3v) is 3.54. The van der Waals surface area contributed by atoms with E-state index < -0.39 is 12.0 Å². The minimum absolute atomic E-state index is 0.125. The van der Waals surface area contributed by atoms with Gasteiger partial charge in [-0.15, -0.1) is 0 Å². The molecular weight excluding hydrogens is 278 g/mol. The van der Waals surface area contributed by atoms with E-state index in [9.17, 15) is 4.79 Å². The number of aliphatic carboxylic acids is 1. The third-order valence-electron chi connectivity index (χ3n) is 3.54. The molecule has 0 saturated carbocycles. The van der Waals surface area contributed by atoms with Crippen LogP contribution in [0.4, 0.5) is 0 Å². The molecule has 0 unspecified atom stereocenters. The summed E-state index contributed by atoms with van der Waals surface area (Å²) in [5.74, 6) is -0.0614. The molecule has 5 heteroatoms. The fraction of sp³-hybridized carbons (Fsp3) is 0.412. The van der Waals surface area contributed by atoms with Crippen molar-refractivity contribution in [2.24, 2.45) is 5.73 Å². The number of carboxylic acids is 1. The average molecular weight is 301 g/mol. The Labute approximate surface area is 130 Å². The number of imidazole rings is 1. The molecule has 2 aromatic rings. The summed E-state index contributed by atoms with van der Waals surface area (Å²) in [4.78, 5) is 15.5. The third kappa shape index (κ3) is 3.74. The van der Waals surface area contributed by atoms with Gasteiger partial charge in [0, 0.05) is 30.3 Å². The first-order valence-corrected chi connectivity index (χ1v) is 7.36. The smallest absolute Gasteiger partial charge is 0.320 e. The van der Waals surface area contributed by atoms with Gasteiger partial charge >= 0.3 is 5.97 Å². The quantitative estimate of drug-likeness (QED) is 0.887. The molecule has 5 nitrogen and oxygen atoms in total. The monoisotopic (exact) mass is 301 g/mol. The first-order valence-electron chi connectivity index (χ1n) is 7.36. The molecule has 0 aliphatic carbocycles. The van der Waals surface area contributed by atoms with Crippen LogP contribution in [-0.2, 0) is 23.2 Å². The van der Waals surface area contributed by atoms with Crippen molar-refractivity contribution in [2.45, 2.75) is 45.2 Å². The Morgan fingerprint density at radius 3 is 2.50 bits per heavy atom. The van der Waals surface area contributed by atoms with E-state index in [0.717, 1.165) is 17.1 Å². The molecule has 0 spiro atoms. The summed E-state index contributed by atoms with van der Waals surface area (Å²) in [5.41, 5.74) is 7.56. The number of benzene rings is 1. The largest absolute Gasteiger partial charge is 0.480 e. The van der Waals surface area contributed by atoms with Gasteiger partial charge in [-0.1, -0.05) is 51.1 Å². The van der Waals surface area contributed by atoms with Crippen LogP contribution < -0.4 is 5.73 Å². The fourth-order valence-electron chi connectivity index (χ4n) is 2.43. The maximum atomic E-state index is 11.0. The topological polar surface area (TPSA) is 81.1 Å². The number of aromatic nitrogens is 2. The molecule has 2 rings (SSSR count). The van der Waals surface area contributed by atoms with Crippen LogP contribution in [0.25, 0.3) is 0 Å². The fourth-order valence-corrected chi connectivity index (χ4v) is 2.43. The molecule has 22 heavy (non-hydrogen) atoms. The lowest BCUT2D eigenvalue weighted by Gasteiger charge is -2.22. The molecule has 1 atom stereocenters. The van der Waals surface area contributed by atoms with E-state index >= 15 is 0 Å². The Kier molecular flexibility index (Phi) is 4.66. The van der Waals surface area contributed by atoms with Gasteiger partial charge in [-0.05, 0) is 5.56 Å². The molecule has 3 N–H and O–H groups in total. The highest BCUT2D eigenvalue weighted by molar-refractivity contribution is 5.73. The lowest BCUT2D eigenvalue weighted by Crippen LogP contribution is -2.33. The van der Waals surface area contributed by atoms with Crippen molar-refractivity contribution < 1.29 is 9.90 Å². The highest BCUT2D eigenvalue weighted by Crippen LogP contribution is 2.24. The number of rotatable bonds is 5. The van der Waals surface area contributed by atoms with Crippen molar-refractivity contribution in [3.05, 3.63) is 53.6 Å². The van der Waals surface area contributed by atoms with Gasteiger partial charge in [0.25, 0.3) is 0 Å². The zero-order valence-corrected chi connectivity index (χ0v) is 13.3. The standard InChI is InChI=1S/C17H23N3O2/c1-17(2,3)16-19-10-13(9-14(18)15(21)22)20(16)11-12-7-5-4-6-8-12/h4-8,10,14H,9,11,18H2,1-3H3,(H,21,22)/t14-/m0/s1. The Balaban J connectivity index is 2.38. The second-order valence-electron chi connectivity index (χ2n) is 6.54. The highest BCUT2D eigenvalue weighted by Gasteiger charge is 2.24. The van der Waals surface area contributed by atoms with E-state index in [1.54, 1.807) is 6.20 Å². The van der Waals surface area contributed by atoms with E-state index in [-0.39, 0.29) is 11.8 Å². The molecule has 0 fully saturated rings. The first-order chi connectivity index (χ1) is 10.3. The number of hydrogen-bond donors (Lipinski definition) is 2. The number of nitrogens with two attached hydrogens (primary N) is 1. The lowest BCUT2D eigenvalue weighted by molar-refractivity contribution is -0.138. The van der Waals surface area contributed by atoms with Crippen molar-refractivity contribution in [1.82, 2.24) is 9.55 Å². The summed E-state index contributed by atoms with van der Waals surface area (Å²) in [6.07, 6.45) is 2.01. The van der Waals surface area contributed by atoms with E-state index in [1.165, 1.54) is 0 Å². The number of nitrogens with zero attached hydrogens (tertiary/aromatic N) is 2. The second-order valence-corrected chi connectivity index (χ2v) is 6.54. The number of carboxylic acid groups (broad SMARTS) is 1. The summed E-state index contributed by atoms with van der Waals surface area (Å²) >= 11 is 0. The van der Waals surface area contributed by atoms with Gasteiger partial charge in [0.05, 0.1) is 0 Å². The van der Waals surface area contributed by atoms with Gasteiger partial charge in [-0.25, -0.2) is 4.98 Å². The van der Waals surface area contributed by atoms with Gasteiger partial charge in [-0.3, -0.25) is 4.79 Å². The molecule has 0 aliphatic rings. The summed E-state index contributed by atoms with van der Waals surface area (Å²) in [6, 6.07) is 9.14. The highest BCUT2D eigenvalue weighted by atomic mass is 16.4.